The van der Waals surface area contributed by atoms with Gasteiger partial charge in [0.2, 0.25) is 0 Å². The van der Waals surface area contributed by atoms with Gasteiger partial charge in [0.25, 0.3) is 11.1 Å². The van der Waals surface area contributed by atoms with Crippen LogP contribution in [0.15, 0.2) is 64.4 Å². The van der Waals surface area contributed by atoms with Gasteiger partial charge in [-0.1, -0.05) is 31.4 Å². The molecule has 0 radical (unpaired) electrons. The van der Waals surface area contributed by atoms with E-state index in [0.29, 0.717) is 28.4 Å². The maximum Gasteiger partial charge on any atom is 0.260 e. The summed E-state index contributed by atoms with van der Waals surface area (Å²) in [5, 5.41) is 0.988. The van der Waals surface area contributed by atoms with Crippen LogP contribution in [0.2, 0.25) is 0 Å². The van der Waals surface area contributed by atoms with E-state index in [-0.39, 0.29) is 17.2 Å². The Hall–Kier alpha value is -3.41. The topological polar surface area (TPSA) is 66.1 Å². The molecule has 1 saturated carbocycles. The fraction of sp³-hybridized carbons (Fsp3) is 0.320. The third-order valence-electron chi connectivity index (χ3n) is 6.32. The van der Waals surface area contributed by atoms with E-state index in [1.807, 2.05) is 47.2 Å². The molecule has 1 aromatic carbocycles. The van der Waals surface area contributed by atoms with Crippen molar-refractivity contribution in [1.29, 1.82) is 0 Å². The van der Waals surface area contributed by atoms with Crippen molar-refractivity contribution in [3.8, 4) is 5.75 Å². The summed E-state index contributed by atoms with van der Waals surface area (Å²) in [6.45, 7) is 0.442. The summed E-state index contributed by atoms with van der Waals surface area (Å²) < 4.78 is 8.69. The fourth-order valence-electron chi connectivity index (χ4n) is 4.58. The molecule has 0 bridgehead atoms. The molecule has 1 aliphatic carbocycles. The molecule has 0 atom stereocenters. The van der Waals surface area contributed by atoms with E-state index < -0.39 is 0 Å². The van der Waals surface area contributed by atoms with Gasteiger partial charge < -0.3 is 13.9 Å². The molecular formula is C25H25N3O3. The van der Waals surface area contributed by atoms with Crippen molar-refractivity contribution >= 4 is 21.8 Å². The number of rotatable bonds is 4. The van der Waals surface area contributed by atoms with Crippen molar-refractivity contribution in [2.75, 3.05) is 7.11 Å². The van der Waals surface area contributed by atoms with Crippen LogP contribution in [-0.2, 0) is 6.54 Å². The van der Waals surface area contributed by atoms with Crippen LogP contribution in [0.5, 0.6) is 5.75 Å². The molecule has 3 heterocycles. The van der Waals surface area contributed by atoms with Crippen LogP contribution >= 0.6 is 0 Å². The number of aromatic nitrogens is 3. The summed E-state index contributed by atoms with van der Waals surface area (Å²) in [6, 6.07) is 13.3. The van der Waals surface area contributed by atoms with Gasteiger partial charge in [-0.25, -0.2) is 4.98 Å². The molecule has 4 aromatic rings. The van der Waals surface area contributed by atoms with Gasteiger partial charge in [-0.3, -0.25) is 9.59 Å². The Morgan fingerprint density at radius 3 is 2.29 bits per heavy atom. The molecule has 0 unspecified atom stereocenters. The Morgan fingerprint density at radius 2 is 1.58 bits per heavy atom. The highest BCUT2D eigenvalue weighted by molar-refractivity contribution is 5.91. The Labute approximate surface area is 179 Å². The second-order valence-electron chi connectivity index (χ2n) is 8.27. The molecular weight excluding hydrogens is 390 g/mol. The maximum atomic E-state index is 13.2. The second-order valence-corrected chi connectivity index (χ2v) is 8.27. The van der Waals surface area contributed by atoms with Crippen molar-refractivity contribution < 1.29 is 4.74 Å². The second kappa shape index (κ2) is 8.02. The molecule has 1 fully saturated rings. The zero-order valence-corrected chi connectivity index (χ0v) is 17.6. The van der Waals surface area contributed by atoms with Gasteiger partial charge in [0.15, 0.2) is 0 Å². The van der Waals surface area contributed by atoms with Gasteiger partial charge in [-0.15, -0.1) is 0 Å². The summed E-state index contributed by atoms with van der Waals surface area (Å²) >= 11 is 0. The Kier molecular flexibility index (Phi) is 5.06. The molecule has 0 amide bonds. The van der Waals surface area contributed by atoms with Crippen molar-refractivity contribution in [3.63, 3.8) is 0 Å². The summed E-state index contributed by atoms with van der Waals surface area (Å²) in [5.74, 6) is 0.777. The highest BCUT2D eigenvalue weighted by Gasteiger charge is 2.18. The number of methoxy groups -OCH3 is 1. The van der Waals surface area contributed by atoms with Crippen LogP contribution in [-0.4, -0.2) is 21.2 Å². The van der Waals surface area contributed by atoms with E-state index in [2.05, 4.69) is 4.98 Å². The average molecular weight is 415 g/mol. The first-order valence-electron chi connectivity index (χ1n) is 10.8. The first-order chi connectivity index (χ1) is 15.1. The average Bonchev–Trinajstić information content (AvgIpc) is 2.81. The largest absolute Gasteiger partial charge is 0.497 e. The van der Waals surface area contributed by atoms with Crippen LogP contribution in [0, 0.1) is 0 Å². The molecule has 3 aromatic heterocycles. The van der Waals surface area contributed by atoms with E-state index in [1.54, 1.807) is 23.9 Å². The van der Waals surface area contributed by atoms with Gasteiger partial charge >= 0.3 is 0 Å². The molecule has 5 rings (SSSR count). The highest BCUT2D eigenvalue weighted by Crippen LogP contribution is 2.27. The van der Waals surface area contributed by atoms with Crippen LogP contribution < -0.4 is 15.9 Å². The van der Waals surface area contributed by atoms with E-state index >= 15 is 0 Å². The minimum absolute atomic E-state index is 0.0521. The molecule has 158 valence electrons. The Balaban J connectivity index is 1.58. The molecule has 0 saturated heterocycles. The molecule has 0 spiro atoms. The first kappa shape index (κ1) is 19.5. The third kappa shape index (κ3) is 3.63. The molecule has 6 heteroatoms. The fourth-order valence-corrected chi connectivity index (χ4v) is 4.58. The SMILES string of the molecule is COc1ccc(Cn2ccc3nc4ccn(C5CCCCC5)c(=O)c4cc3c2=O)cc1. The van der Waals surface area contributed by atoms with Crippen LogP contribution in [0.25, 0.3) is 21.8 Å². The molecule has 1 aliphatic rings. The monoisotopic (exact) mass is 415 g/mol. The van der Waals surface area contributed by atoms with Crippen molar-refractivity contribution in [1.82, 2.24) is 14.1 Å². The Morgan fingerprint density at radius 1 is 0.903 bits per heavy atom. The summed E-state index contributed by atoms with van der Waals surface area (Å²) in [4.78, 5) is 31.0. The number of ether oxygens (including phenoxy) is 1. The minimum Gasteiger partial charge on any atom is -0.497 e. The quantitative estimate of drug-likeness (QED) is 0.467. The predicted octanol–water partition coefficient (Wildman–Crippen LogP) is 4.27. The summed E-state index contributed by atoms with van der Waals surface area (Å²) in [7, 11) is 1.63. The zero-order valence-electron chi connectivity index (χ0n) is 17.6. The predicted molar refractivity (Wildman–Crippen MR) is 122 cm³/mol. The standard InChI is InChI=1S/C25H25N3O3/c1-31-19-9-7-17(8-10-19)16-27-13-11-22-20(24(27)29)15-21-23(26-22)12-14-28(25(21)30)18-5-3-2-4-6-18/h7-15,18H,2-6,16H2,1H3. The van der Waals surface area contributed by atoms with E-state index in [4.69, 9.17) is 4.74 Å². The lowest BCUT2D eigenvalue weighted by Crippen LogP contribution is -2.26. The number of hydrogen-bond donors (Lipinski definition) is 0. The number of nitrogens with zero attached hydrogens (tertiary/aromatic N) is 3. The third-order valence-corrected chi connectivity index (χ3v) is 6.32. The number of benzene rings is 1. The van der Waals surface area contributed by atoms with Crippen LogP contribution in [0.3, 0.4) is 0 Å². The van der Waals surface area contributed by atoms with Crippen LogP contribution in [0.4, 0.5) is 0 Å². The number of pyridine rings is 3. The van der Waals surface area contributed by atoms with E-state index in [1.165, 1.54) is 6.42 Å². The number of hydrogen-bond acceptors (Lipinski definition) is 4. The lowest BCUT2D eigenvalue weighted by atomic mass is 9.95. The molecule has 6 nitrogen and oxygen atoms in total. The van der Waals surface area contributed by atoms with Crippen molar-refractivity contribution in [2.24, 2.45) is 0 Å². The normalized spacial score (nSPS) is 14.9. The van der Waals surface area contributed by atoms with Gasteiger partial charge in [0.05, 0.1) is 35.5 Å². The smallest absolute Gasteiger partial charge is 0.260 e. The van der Waals surface area contributed by atoms with Crippen LogP contribution in [0.1, 0.15) is 43.7 Å². The zero-order chi connectivity index (χ0) is 21.4. The molecule has 0 N–H and O–H groups in total. The van der Waals surface area contributed by atoms with Gasteiger partial charge in [-0.05, 0) is 48.7 Å². The van der Waals surface area contributed by atoms with Crippen molar-refractivity contribution in [2.45, 2.75) is 44.7 Å². The maximum absolute atomic E-state index is 13.2. The lowest BCUT2D eigenvalue weighted by molar-refractivity contribution is 0.347. The number of fused-ring (bicyclic) bond motifs is 2. The van der Waals surface area contributed by atoms with Gasteiger partial charge in [-0.2, -0.15) is 0 Å². The molecule has 31 heavy (non-hydrogen) atoms. The minimum atomic E-state index is -0.143. The summed E-state index contributed by atoms with van der Waals surface area (Å²) in [5.41, 5.74) is 2.05. The Bertz CT molecular complexity index is 1360. The van der Waals surface area contributed by atoms with E-state index in [0.717, 1.165) is 37.0 Å². The van der Waals surface area contributed by atoms with Crippen molar-refractivity contribution in [3.05, 3.63) is 81.1 Å². The molecule has 0 aliphatic heterocycles. The highest BCUT2D eigenvalue weighted by atomic mass is 16.5. The van der Waals surface area contributed by atoms with Gasteiger partial charge in [0, 0.05) is 18.4 Å². The van der Waals surface area contributed by atoms with E-state index in [9.17, 15) is 9.59 Å². The lowest BCUT2D eigenvalue weighted by Gasteiger charge is -2.24. The van der Waals surface area contributed by atoms with Gasteiger partial charge in [0.1, 0.15) is 5.75 Å². The first-order valence-corrected chi connectivity index (χ1v) is 10.8. The summed E-state index contributed by atoms with van der Waals surface area (Å²) in [6.07, 6.45) is 9.23.